The smallest absolute Gasteiger partial charge is 0.169 e. The molecule has 0 spiro atoms. The summed E-state index contributed by atoms with van der Waals surface area (Å²) in [5.74, 6) is 0.704. The van der Waals surface area contributed by atoms with Crippen LogP contribution in [0.2, 0.25) is 0 Å². The number of piperazine rings is 1. The number of nitrogen functional groups attached to an aromatic ring is 1. The lowest BCUT2D eigenvalue weighted by Crippen LogP contribution is -2.48. The van der Waals surface area contributed by atoms with E-state index in [2.05, 4.69) is 20.0 Å². The fourth-order valence-electron chi connectivity index (χ4n) is 3.07. The number of nitrogens with zero attached hydrogens (tertiary/aromatic N) is 4. The molecule has 1 fully saturated rings. The Labute approximate surface area is 136 Å². The summed E-state index contributed by atoms with van der Waals surface area (Å²) >= 11 is 0. The quantitative estimate of drug-likeness (QED) is 0.753. The zero-order valence-electron chi connectivity index (χ0n) is 13.3. The van der Waals surface area contributed by atoms with Gasteiger partial charge in [0.25, 0.3) is 0 Å². The van der Waals surface area contributed by atoms with Crippen LogP contribution in [-0.2, 0) is 0 Å². The number of hydrogen-bond acceptors (Lipinski definition) is 7. The molecule has 5 N–H and O–H groups in total. The highest BCUT2D eigenvalue weighted by molar-refractivity contribution is 5.78. The SMILES string of the molecule is NCCN1CCN(c2cc(C3=CCCC=C3O)nnc2N)CC1. The maximum absolute atomic E-state index is 10.0. The van der Waals surface area contributed by atoms with E-state index >= 15 is 0 Å². The van der Waals surface area contributed by atoms with Gasteiger partial charge < -0.3 is 21.5 Å². The first-order valence-corrected chi connectivity index (χ1v) is 8.09. The molecule has 0 bridgehead atoms. The second-order valence-electron chi connectivity index (χ2n) is 5.90. The van der Waals surface area contributed by atoms with Gasteiger partial charge in [-0.15, -0.1) is 10.2 Å². The van der Waals surface area contributed by atoms with Crippen LogP contribution >= 0.6 is 0 Å². The lowest BCUT2D eigenvalue weighted by Gasteiger charge is -2.36. The Bertz CT molecular complexity index is 619. The first-order chi connectivity index (χ1) is 11.2. The molecule has 1 aromatic rings. The molecular weight excluding hydrogens is 292 g/mol. The topological polar surface area (TPSA) is 105 Å². The first kappa shape index (κ1) is 15.8. The largest absolute Gasteiger partial charge is 0.508 e. The molecule has 2 heterocycles. The average Bonchev–Trinajstić information content (AvgIpc) is 2.57. The molecule has 1 aliphatic carbocycles. The highest BCUT2D eigenvalue weighted by atomic mass is 16.3. The molecule has 1 saturated heterocycles. The Morgan fingerprint density at radius 1 is 1.09 bits per heavy atom. The molecule has 0 radical (unpaired) electrons. The number of anilines is 2. The van der Waals surface area contributed by atoms with Crippen molar-refractivity contribution in [2.75, 3.05) is 49.9 Å². The van der Waals surface area contributed by atoms with Crippen LogP contribution in [0.15, 0.2) is 24.0 Å². The Hall–Kier alpha value is -2.12. The number of aliphatic hydroxyl groups excluding tert-OH is 1. The van der Waals surface area contributed by atoms with Crippen LogP contribution in [0.1, 0.15) is 18.5 Å². The van der Waals surface area contributed by atoms with Crippen LogP contribution in [0, 0.1) is 0 Å². The molecule has 2 aliphatic rings. The van der Waals surface area contributed by atoms with Gasteiger partial charge in [-0.05, 0) is 25.0 Å². The zero-order chi connectivity index (χ0) is 16.2. The number of nitrogens with two attached hydrogens (primary N) is 2. The number of rotatable bonds is 4. The summed E-state index contributed by atoms with van der Waals surface area (Å²) in [5.41, 5.74) is 14.0. The van der Waals surface area contributed by atoms with Gasteiger partial charge in [0.1, 0.15) is 5.76 Å². The fraction of sp³-hybridized carbons (Fsp3) is 0.500. The van der Waals surface area contributed by atoms with Gasteiger partial charge in [0.2, 0.25) is 0 Å². The molecule has 0 unspecified atom stereocenters. The van der Waals surface area contributed by atoms with E-state index in [1.807, 2.05) is 18.2 Å². The maximum Gasteiger partial charge on any atom is 0.169 e. The minimum absolute atomic E-state index is 0.272. The Morgan fingerprint density at radius 2 is 1.83 bits per heavy atom. The van der Waals surface area contributed by atoms with Crippen LogP contribution in [0.4, 0.5) is 11.5 Å². The van der Waals surface area contributed by atoms with Crippen LogP contribution in [0.25, 0.3) is 5.57 Å². The van der Waals surface area contributed by atoms with E-state index in [4.69, 9.17) is 11.5 Å². The minimum Gasteiger partial charge on any atom is -0.508 e. The Morgan fingerprint density at radius 3 is 2.52 bits per heavy atom. The van der Waals surface area contributed by atoms with Crippen LogP contribution in [0.3, 0.4) is 0 Å². The molecule has 3 rings (SSSR count). The molecule has 7 nitrogen and oxygen atoms in total. The van der Waals surface area contributed by atoms with Crippen LogP contribution in [0.5, 0.6) is 0 Å². The van der Waals surface area contributed by atoms with E-state index in [0.717, 1.165) is 56.8 Å². The molecule has 7 heteroatoms. The molecule has 0 atom stereocenters. The molecule has 124 valence electrons. The van der Waals surface area contributed by atoms with Gasteiger partial charge in [0, 0.05) is 44.8 Å². The molecule has 0 amide bonds. The van der Waals surface area contributed by atoms with Crippen molar-refractivity contribution in [1.29, 1.82) is 0 Å². The van der Waals surface area contributed by atoms with Crippen molar-refractivity contribution >= 4 is 17.1 Å². The standard InChI is InChI=1S/C16H24N6O/c17-5-6-21-7-9-22(10-8-21)14-11-13(19-20-16(14)18)12-3-1-2-4-15(12)23/h3-4,11,23H,1-2,5-10,17H2,(H2,18,20). The third-order valence-electron chi connectivity index (χ3n) is 4.36. The average molecular weight is 316 g/mol. The van der Waals surface area contributed by atoms with Crippen molar-refractivity contribution in [3.8, 4) is 0 Å². The highest BCUT2D eigenvalue weighted by Gasteiger charge is 2.21. The van der Waals surface area contributed by atoms with Crippen LogP contribution in [-0.4, -0.2) is 59.5 Å². The van der Waals surface area contributed by atoms with Crippen molar-refractivity contribution < 1.29 is 5.11 Å². The van der Waals surface area contributed by atoms with Gasteiger partial charge in [-0.1, -0.05) is 6.08 Å². The number of allylic oxidation sites excluding steroid dienone is 3. The predicted molar refractivity (Wildman–Crippen MR) is 92.1 cm³/mol. The number of aliphatic hydroxyl groups is 1. The predicted octanol–water partition coefficient (Wildman–Crippen LogP) is 0.759. The Kier molecular flexibility index (Phi) is 4.78. The normalized spacial score (nSPS) is 19.4. The third kappa shape index (κ3) is 3.46. The second kappa shape index (κ2) is 6.97. The lowest BCUT2D eigenvalue weighted by atomic mass is 10.0. The molecule has 1 aliphatic heterocycles. The summed E-state index contributed by atoms with van der Waals surface area (Å²) in [4.78, 5) is 4.57. The van der Waals surface area contributed by atoms with E-state index in [-0.39, 0.29) is 5.76 Å². The second-order valence-corrected chi connectivity index (χ2v) is 5.90. The van der Waals surface area contributed by atoms with Crippen molar-refractivity contribution in [1.82, 2.24) is 15.1 Å². The third-order valence-corrected chi connectivity index (χ3v) is 4.36. The summed E-state index contributed by atoms with van der Waals surface area (Å²) in [7, 11) is 0. The summed E-state index contributed by atoms with van der Waals surface area (Å²) in [6.07, 6.45) is 5.57. The van der Waals surface area contributed by atoms with E-state index < -0.39 is 0 Å². The van der Waals surface area contributed by atoms with Gasteiger partial charge >= 0.3 is 0 Å². The van der Waals surface area contributed by atoms with E-state index in [9.17, 15) is 5.11 Å². The maximum atomic E-state index is 10.0. The summed E-state index contributed by atoms with van der Waals surface area (Å²) in [6.45, 7) is 5.30. The lowest BCUT2D eigenvalue weighted by molar-refractivity contribution is 0.265. The summed E-state index contributed by atoms with van der Waals surface area (Å²) in [6, 6.07) is 1.93. The summed E-state index contributed by atoms with van der Waals surface area (Å²) in [5, 5.41) is 18.3. The zero-order valence-corrected chi connectivity index (χ0v) is 13.3. The molecule has 1 aromatic heterocycles. The molecule has 23 heavy (non-hydrogen) atoms. The van der Waals surface area contributed by atoms with Crippen molar-refractivity contribution in [2.45, 2.75) is 12.8 Å². The van der Waals surface area contributed by atoms with Gasteiger partial charge in [0.15, 0.2) is 5.82 Å². The number of aromatic nitrogens is 2. The van der Waals surface area contributed by atoms with Crippen LogP contribution < -0.4 is 16.4 Å². The van der Waals surface area contributed by atoms with Crippen molar-refractivity contribution in [3.05, 3.63) is 29.7 Å². The van der Waals surface area contributed by atoms with Gasteiger partial charge in [-0.25, -0.2) is 0 Å². The Balaban J connectivity index is 1.79. The first-order valence-electron chi connectivity index (χ1n) is 8.09. The minimum atomic E-state index is 0.272. The molecular formula is C16H24N6O. The van der Waals surface area contributed by atoms with Gasteiger partial charge in [-0.2, -0.15) is 0 Å². The fourth-order valence-corrected chi connectivity index (χ4v) is 3.07. The number of hydrogen-bond donors (Lipinski definition) is 3. The monoisotopic (exact) mass is 316 g/mol. The van der Waals surface area contributed by atoms with Gasteiger partial charge in [-0.3, -0.25) is 4.90 Å². The van der Waals surface area contributed by atoms with Crippen molar-refractivity contribution in [3.63, 3.8) is 0 Å². The van der Waals surface area contributed by atoms with Crippen molar-refractivity contribution in [2.24, 2.45) is 5.73 Å². The summed E-state index contributed by atoms with van der Waals surface area (Å²) < 4.78 is 0. The molecule has 0 saturated carbocycles. The highest BCUT2D eigenvalue weighted by Crippen LogP contribution is 2.29. The van der Waals surface area contributed by atoms with E-state index in [0.29, 0.717) is 18.1 Å². The van der Waals surface area contributed by atoms with E-state index in [1.165, 1.54) is 0 Å². The van der Waals surface area contributed by atoms with E-state index in [1.54, 1.807) is 0 Å². The van der Waals surface area contributed by atoms with Gasteiger partial charge in [0.05, 0.1) is 11.4 Å². The molecule has 0 aromatic carbocycles.